The second-order valence-electron chi connectivity index (χ2n) is 7.41. The average Bonchev–Trinajstić information content (AvgIpc) is 2.67. The summed E-state index contributed by atoms with van der Waals surface area (Å²) in [6.45, 7) is 4.65. The molecule has 0 radical (unpaired) electrons. The molecule has 1 aliphatic rings. The van der Waals surface area contributed by atoms with Gasteiger partial charge in [-0.3, -0.25) is 9.59 Å². The zero-order valence-electron chi connectivity index (χ0n) is 15.9. The van der Waals surface area contributed by atoms with Gasteiger partial charge in [0.05, 0.1) is 19.6 Å². The highest BCUT2D eigenvalue weighted by Gasteiger charge is 2.29. The number of nitrogens with one attached hydrogen (secondary N) is 1. The molecule has 2 aromatic carbocycles. The van der Waals surface area contributed by atoms with E-state index in [9.17, 15) is 9.59 Å². The Labute approximate surface area is 160 Å². The van der Waals surface area contributed by atoms with Gasteiger partial charge in [0.15, 0.2) is 6.54 Å². The fourth-order valence-corrected chi connectivity index (χ4v) is 3.68. The maximum absolute atomic E-state index is 13.2. The van der Waals surface area contributed by atoms with E-state index in [1.165, 1.54) is 4.90 Å². The van der Waals surface area contributed by atoms with Crippen LogP contribution in [0.2, 0.25) is 0 Å². The lowest BCUT2D eigenvalue weighted by molar-refractivity contribution is -0.897. The van der Waals surface area contributed by atoms with Crippen LogP contribution in [-0.2, 0) is 16.1 Å². The number of anilines is 1. The number of rotatable bonds is 6. The van der Waals surface area contributed by atoms with Gasteiger partial charge in [0, 0.05) is 24.4 Å². The van der Waals surface area contributed by atoms with Crippen LogP contribution in [0.4, 0.5) is 5.69 Å². The van der Waals surface area contributed by atoms with Gasteiger partial charge in [-0.2, -0.15) is 0 Å². The highest BCUT2D eigenvalue weighted by atomic mass is 16.2. The molecule has 0 aromatic heterocycles. The lowest BCUT2D eigenvalue weighted by Gasteiger charge is -2.30. The van der Waals surface area contributed by atoms with Gasteiger partial charge in [0.25, 0.3) is 5.91 Å². The normalized spacial score (nSPS) is 19.4. The molecule has 0 atom stereocenters. The molecule has 1 aliphatic heterocycles. The number of hydrogen-bond donors (Lipinski definition) is 2. The number of nitrogens with zero attached hydrogens (tertiary/aromatic N) is 1. The first kappa shape index (κ1) is 19.1. The maximum atomic E-state index is 13.2. The number of quaternary nitrogens is 1. The molecule has 3 rings (SSSR count). The minimum absolute atomic E-state index is 0.0407. The SMILES string of the molecule is Cc1cccc(N(Cc2ccccc2)C(=O)C[NH+]2CCC(C(N)=O)CC2)c1. The van der Waals surface area contributed by atoms with Crippen LogP contribution < -0.4 is 15.5 Å². The molecule has 3 N–H and O–H groups in total. The maximum Gasteiger partial charge on any atom is 0.282 e. The minimum atomic E-state index is -0.217. The van der Waals surface area contributed by atoms with Gasteiger partial charge in [0.1, 0.15) is 0 Å². The molecule has 0 aliphatic carbocycles. The van der Waals surface area contributed by atoms with Crippen molar-refractivity contribution in [3.05, 3.63) is 65.7 Å². The van der Waals surface area contributed by atoms with E-state index in [-0.39, 0.29) is 17.7 Å². The number of hydrogen-bond acceptors (Lipinski definition) is 2. The highest BCUT2D eigenvalue weighted by Crippen LogP contribution is 2.19. The molecule has 0 bridgehead atoms. The number of primary amides is 1. The van der Waals surface area contributed by atoms with Crippen LogP contribution in [0.3, 0.4) is 0 Å². The lowest BCUT2D eigenvalue weighted by Crippen LogP contribution is -3.14. The van der Waals surface area contributed by atoms with Crippen LogP contribution in [0, 0.1) is 12.8 Å². The van der Waals surface area contributed by atoms with Gasteiger partial charge in [-0.15, -0.1) is 0 Å². The fourth-order valence-electron chi connectivity index (χ4n) is 3.68. The van der Waals surface area contributed by atoms with Crippen molar-refractivity contribution >= 4 is 17.5 Å². The number of carbonyl (C=O) groups excluding carboxylic acids is 2. The number of piperidine rings is 1. The van der Waals surface area contributed by atoms with Crippen molar-refractivity contribution in [2.45, 2.75) is 26.3 Å². The Morgan fingerprint density at radius 3 is 2.41 bits per heavy atom. The summed E-state index contributed by atoms with van der Waals surface area (Å²) >= 11 is 0. The summed E-state index contributed by atoms with van der Waals surface area (Å²) in [6, 6.07) is 18.1. The van der Waals surface area contributed by atoms with Crippen LogP contribution in [0.15, 0.2) is 54.6 Å². The monoisotopic (exact) mass is 366 g/mol. The van der Waals surface area contributed by atoms with Crippen molar-refractivity contribution in [3.8, 4) is 0 Å². The van der Waals surface area contributed by atoms with E-state index in [4.69, 9.17) is 5.73 Å². The molecule has 5 nitrogen and oxygen atoms in total. The smallest absolute Gasteiger partial charge is 0.282 e. The Bertz CT molecular complexity index is 783. The summed E-state index contributed by atoms with van der Waals surface area (Å²) in [7, 11) is 0. The third-order valence-corrected chi connectivity index (χ3v) is 5.29. The molecule has 5 heteroatoms. The highest BCUT2D eigenvalue weighted by molar-refractivity contribution is 5.94. The predicted molar refractivity (Wildman–Crippen MR) is 106 cm³/mol. The van der Waals surface area contributed by atoms with Crippen LogP contribution in [-0.4, -0.2) is 31.4 Å². The summed E-state index contributed by atoms with van der Waals surface area (Å²) in [5, 5.41) is 0. The van der Waals surface area contributed by atoms with Crippen molar-refractivity contribution in [2.75, 3.05) is 24.5 Å². The van der Waals surface area contributed by atoms with E-state index in [1.807, 2.05) is 60.4 Å². The summed E-state index contributed by atoms with van der Waals surface area (Å²) < 4.78 is 0. The minimum Gasteiger partial charge on any atom is -0.369 e. The second kappa shape index (κ2) is 8.82. The van der Waals surface area contributed by atoms with Crippen molar-refractivity contribution in [1.29, 1.82) is 0 Å². The first-order valence-electron chi connectivity index (χ1n) is 9.57. The molecule has 2 amide bonds. The number of aryl methyl sites for hydroxylation is 1. The van der Waals surface area contributed by atoms with Gasteiger partial charge in [-0.05, 0) is 30.2 Å². The summed E-state index contributed by atoms with van der Waals surface area (Å²) in [5.41, 5.74) is 8.58. The quantitative estimate of drug-likeness (QED) is 0.809. The van der Waals surface area contributed by atoms with E-state index >= 15 is 0 Å². The van der Waals surface area contributed by atoms with Crippen molar-refractivity contribution in [2.24, 2.45) is 11.7 Å². The van der Waals surface area contributed by atoms with Crippen LogP contribution >= 0.6 is 0 Å². The van der Waals surface area contributed by atoms with Crippen LogP contribution in [0.5, 0.6) is 0 Å². The molecular weight excluding hydrogens is 338 g/mol. The zero-order valence-corrected chi connectivity index (χ0v) is 15.9. The topological polar surface area (TPSA) is 67.8 Å². The Kier molecular flexibility index (Phi) is 6.24. The molecule has 2 aromatic rings. The molecule has 0 spiro atoms. The van der Waals surface area contributed by atoms with Gasteiger partial charge in [-0.25, -0.2) is 0 Å². The molecule has 27 heavy (non-hydrogen) atoms. The third-order valence-electron chi connectivity index (χ3n) is 5.29. The van der Waals surface area contributed by atoms with Crippen molar-refractivity contribution in [1.82, 2.24) is 0 Å². The molecule has 0 unspecified atom stereocenters. The molecule has 1 heterocycles. The summed E-state index contributed by atoms with van der Waals surface area (Å²) in [6.07, 6.45) is 1.53. The van der Waals surface area contributed by atoms with Crippen LogP contribution in [0.25, 0.3) is 0 Å². The Morgan fingerprint density at radius 2 is 1.78 bits per heavy atom. The largest absolute Gasteiger partial charge is 0.369 e. The Balaban J connectivity index is 1.72. The van der Waals surface area contributed by atoms with E-state index in [0.29, 0.717) is 13.1 Å². The first-order chi connectivity index (χ1) is 13.0. The number of amides is 2. The molecule has 142 valence electrons. The molecule has 0 saturated carbocycles. The molecule has 1 saturated heterocycles. The molecule has 1 fully saturated rings. The number of likely N-dealkylation sites (tertiary alicyclic amines) is 1. The lowest BCUT2D eigenvalue weighted by atomic mass is 9.96. The number of carbonyl (C=O) groups is 2. The van der Waals surface area contributed by atoms with E-state index in [1.54, 1.807) is 0 Å². The number of benzene rings is 2. The Hall–Kier alpha value is -2.66. The Morgan fingerprint density at radius 1 is 1.07 bits per heavy atom. The summed E-state index contributed by atoms with van der Waals surface area (Å²) in [5.74, 6) is -0.149. The van der Waals surface area contributed by atoms with E-state index < -0.39 is 0 Å². The van der Waals surface area contributed by atoms with Gasteiger partial charge in [0.2, 0.25) is 5.91 Å². The van der Waals surface area contributed by atoms with E-state index in [2.05, 4.69) is 6.07 Å². The standard InChI is InChI=1S/C22H27N3O2/c1-17-6-5-9-20(14-17)25(15-18-7-3-2-4-8-18)21(26)16-24-12-10-19(11-13-24)22(23)27/h2-9,14,19H,10-13,15-16H2,1H3,(H2,23,27)/p+1. The van der Waals surface area contributed by atoms with Gasteiger partial charge >= 0.3 is 0 Å². The van der Waals surface area contributed by atoms with Crippen LogP contribution in [0.1, 0.15) is 24.0 Å². The second-order valence-corrected chi connectivity index (χ2v) is 7.41. The zero-order chi connectivity index (χ0) is 19.2. The first-order valence-corrected chi connectivity index (χ1v) is 9.57. The van der Waals surface area contributed by atoms with Gasteiger partial charge < -0.3 is 15.5 Å². The third kappa shape index (κ3) is 5.17. The van der Waals surface area contributed by atoms with Crippen molar-refractivity contribution < 1.29 is 14.5 Å². The van der Waals surface area contributed by atoms with Gasteiger partial charge in [-0.1, -0.05) is 42.5 Å². The van der Waals surface area contributed by atoms with Crippen molar-refractivity contribution in [3.63, 3.8) is 0 Å². The average molecular weight is 366 g/mol. The predicted octanol–water partition coefficient (Wildman–Crippen LogP) is 1.31. The van der Waals surface area contributed by atoms with E-state index in [0.717, 1.165) is 42.7 Å². The molecular formula is C22H28N3O2+. The summed E-state index contributed by atoms with van der Waals surface area (Å²) in [4.78, 5) is 27.6. The number of nitrogens with two attached hydrogens (primary N) is 1. The fraction of sp³-hybridized carbons (Fsp3) is 0.364.